The van der Waals surface area contributed by atoms with Crippen LogP contribution >= 0.6 is 11.6 Å². The maximum absolute atomic E-state index is 6.06. The van der Waals surface area contributed by atoms with E-state index < -0.39 is 0 Å². The molecule has 2 fully saturated rings. The molecular formula is C18H26ClN. The van der Waals surface area contributed by atoms with Crippen LogP contribution in [0.2, 0.25) is 5.02 Å². The van der Waals surface area contributed by atoms with Crippen LogP contribution in [0.25, 0.3) is 0 Å². The van der Waals surface area contributed by atoms with Crippen molar-refractivity contribution in [2.45, 2.75) is 63.8 Å². The van der Waals surface area contributed by atoms with E-state index in [9.17, 15) is 0 Å². The first-order valence-corrected chi connectivity index (χ1v) is 8.49. The Morgan fingerprint density at radius 1 is 1.10 bits per heavy atom. The Hall–Kier alpha value is -0.530. The molecule has 0 aromatic heterocycles. The Morgan fingerprint density at radius 2 is 1.70 bits per heavy atom. The Bertz CT molecular complexity index is 449. The number of rotatable bonds is 6. The summed E-state index contributed by atoms with van der Waals surface area (Å²) in [6, 6.07) is 9.37. The van der Waals surface area contributed by atoms with Crippen LogP contribution in [0.4, 0.5) is 0 Å². The fraction of sp³-hybridized carbons (Fsp3) is 0.667. The first-order chi connectivity index (χ1) is 9.61. The molecule has 1 N–H and O–H groups in total. The third-order valence-electron chi connectivity index (χ3n) is 5.69. The van der Waals surface area contributed by atoms with Gasteiger partial charge in [0, 0.05) is 23.0 Å². The standard InChI is InChI=1S/C18H26ClN/c1-3-17(4-2)11-18(12-17,13-20-16-9-10-16)14-5-7-15(19)8-6-14/h5-8,16,20H,3-4,9-13H2,1-2H3. The Balaban J connectivity index is 1.79. The zero-order valence-electron chi connectivity index (χ0n) is 12.7. The van der Waals surface area contributed by atoms with Gasteiger partial charge in [-0.3, -0.25) is 0 Å². The van der Waals surface area contributed by atoms with Crippen LogP contribution < -0.4 is 5.32 Å². The van der Waals surface area contributed by atoms with Crippen LogP contribution in [0.1, 0.15) is 57.9 Å². The van der Waals surface area contributed by atoms with Crippen LogP contribution in [0.3, 0.4) is 0 Å². The van der Waals surface area contributed by atoms with E-state index in [0.29, 0.717) is 10.8 Å². The largest absolute Gasteiger partial charge is 0.313 e. The summed E-state index contributed by atoms with van der Waals surface area (Å²) in [5, 5.41) is 4.61. The third-order valence-corrected chi connectivity index (χ3v) is 5.94. The molecule has 0 aliphatic heterocycles. The van der Waals surface area contributed by atoms with E-state index in [1.54, 1.807) is 0 Å². The minimum Gasteiger partial charge on any atom is -0.313 e. The van der Waals surface area contributed by atoms with Gasteiger partial charge in [-0.25, -0.2) is 0 Å². The van der Waals surface area contributed by atoms with Crippen molar-refractivity contribution in [2.75, 3.05) is 6.54 Å². The van der Waals surface area contributed by atoms with Crippen molar-refractivity contribution in [1.82, 2.24) is 5.32 Å². The number of nitrogens with one attached hydrogen (secondary N) is 1. The molecule has 1 aromatic rings. The molecule has 0 saturated heterocycles. The molecule has 20 heavy (non-hydrogen) atoms. The summed E-state index contributed by atoms with van der Waals surface area (Å²) < 4.78 is 0. The summed E-state index contributed by atoms with van der Waals surface area (Å²) in [6.45, 7) is 5.84. The van der Waals surface area contributed by atoms with Gasteiger partial charge in [-0.15, -0.1) is 0 Å². The minimum atomic E-state index is 0.346. The topological polar surface area (TPSA) is 12.0 Å². The summed E-state index contributed by atoms with van der Waals surface area (Å²) in [5.74, 6) is 0. The second-order valence-corrected chi connectivity index (χ2v) is 7.44. The number of benzene rings is 1. The van der Waals surface area contributed by atoms with Gasteiger partial charge in [0.2, 0.25) is 0 Å². The van der Waals surface area contributed by atoms with Gasteiger partial charge < -0.3 is 5.32 Å². The van der Waals surface area contributed by atoms with Crippen molar-refractivity contribution in [3.05, 3.63) is 34.9 Å². The Morgan fingerprint density at radius 3 is 2.20 bits per heavy atom. The maximum atomic E-state index is 6.06. The lowest BCUT2D eigenvalue weighted by atomic mass is 9.48. The molecular weight excluding hydrogens is 266 g/mol. The van der Waals surface area contributed by atoms with Gasteiger partial charge in [-0.1, -0.05) is 50.4 Å². The molecule has 0 unspecified atom stereocenters. The predicted octanol–water partition coefficient (Wildman–Crippen LogP) is 4.93. The van der Waals surface area contributed by atoms with Gasteiger partial charge >= 0.3 is 0 Å². The predicted molar refractivity (Wildman–Crippen MR) is 86.4 cm³/mol. The van der Waals surface area contributed by atoms with Crippen molar-refractivity contribution in [3.63, 3.8) is 0 Å². The van der Waals surface area contributed by atoms with Crippen molar-refractivity contribution in [2.24, 2.45) is 5.41 Å². The van der Waals surface area contributed by atoms with Crippen LogP contribution in [-0.4, -0.2) is 12.6 Å². The molecule has 1 aromatic carbocycles. The van der Waals surface area contributed by atoms with Gasteiger partial charge in [-0.05, 0) is 48.8 Å². The molecule has 0 heterocycles. The minimum absolute atomic E-state index is 0.346. The Kier molecular flexibility index (Phi) is 3.85. The fourth-order valence-corrected chi connectivity index (χ4v) is 4.12. The van der Waals surface area contributed by atoms with Crippen LogP contribution in [0, 0.1) is 5.41 Å². The Labute approximate surface area is 128 Å². The van der Waals surface area contributed by atoms with E-state index in [2.05, 4.69) is 31.3 Å². The molecule has 0 amide bonds. The van der Waals surface area contributed by atoms with Crippen molar-refractivity contribution in [1.29, 1.82) is 0 Å². The van der Waals surface area contributed by atoms with Gasteiger partial charge in [0.25, 0.3) is 0 Å². The van der Waals surface area contributed by atoms with Gasteiger partial charge in [0.05, 0.1) is 0 Å². The summed E-state index contributed by atoms with van der Waals surface area (Å²) in [7, 11) is 0. The van der Waals surface area contributed by atoms with Gasteiger partial charge in [0.1, 0.15) is 0 Å². The van der Waals surface area contributed by atoms with Crippen molar-refractivity contribution in [3.8, 4) is 0 Å². The van der Waals surface area contributed by atoms with Gasteiger partial charge in [0.15, 0.2) is 0 Å². The molecule has 2 aliphatic carbocycles. The molecule has 0 spiro atoms. The normalized spacial score (nSPS) is 23.4. The van der Waals surface area contributed by atoms with Crippen molar-refractivity contribution < 1.29 is 0 Å². The molecule has 0 atom stereocenters. The first-order valence-electron chi connectivity index (χ1n) is 8.11. The third kappa shape index (κ3) is 2.63. The number of hydrogen-bond acceptors (Lipinski definition) is 1. The molecule has 2 heteroatoms. The number of halogens is 1. The highest BCUT2D eigenvalue weighted by Crippen LogP contribution is 2.59. The lowest BCUT2D eigenvalue weighted by molar-refractivity contribution is 0.0127. The van der Waals surface area contributed by atoms with Crippen LogP contribution in [0.15, 0.2) is 24.3 Å². The quantitative estimate of drug-likeness (QED) is 0.783. The zero-order chi connectivity index (χ0) is 14.2. The van der Waals surface area contributed by atoms with Gasteiger partial charge in [-0.2, -0.15) is 0 Å². The SMILES string of the molecule is CCC1(CC)CC(CNC2CC2)(c2ccc(Cl)cc2)C1. The highest BCUT2D eigenvalue weighted by molar-refractivity contribution is 6.30. The average molecular weight is 292 g/mol. The fourth-order valence-electron chi connectivity index (χ4n) is 4.00. The van der Waals surface area contributed by atoms with E-state index in [1.807, 2.05) is 12.1 Å². The monoisotopic (exact) mass is 291 g/mol. The van der Waals surface area contributed by atoms with Crippen LogP contribution in [-0.2, 0) is 5.41 Å². The molecule has 0 radical (unpaired) electrons. The number of hydrogen-bond donors (Lipinski definition) is 1. The molecule has 1 nitrogen and oxygen atoms in total. The molecule has 110 valence electrons. The van der Waals surface area contributed by atoms with E-state index in [4.69, 9.17) is 11.6 Å². The first kappa shape index (κ1) is 14.4. The summed E-state index contributed by atoms with van der Waals surface area (Å²) in [4.78, 5) is 0. The smallest absolute Gasteiger partial charge is 0.0406 e. The maximum Gasteiger partial charge on any atom is 0.0406 e. The molecule has 0 bridgehead atoms. The average Bonchev–Trinajstić information content (AvgIpc) is 3.24. The summed E-state index contributed by atoms with van der Waals surface area (Å²) >= 11 is 6.06. The van der Waals surface area contributed by atoms with E-state index >= 15 is 0 Å². The summed E-state index contributed by atoms with van der Waals surface area (Å²) in [6.07, 6.45) is 8.00. The van der Waals surface area contributed by atoms with E-state index in [0.717, 1.165) is 17.6 Å². The van der Waals surface area contributed by atoms with Crippen molar-refractivity contribution >= 4 is 11.6 Å². The lowest BCUT2D eigenvalue weighted by Gasteiger charge is -2.57. The highest BCUT2D eigenvalue weighted by atomic mass is 35.5. The van der Waals surface area contributed by atoms with E-state index in [1.165, 1.54) is 44.1 Å². The van der Waals surface area contributed by atoms with Crippen LogP contribution in [0.5, 0.6) is 0 Å². The second-order valence-electron chi connectivity index (χ2n) is 7.00. The second kappa shape index (κ2) is 5.35. The molecule has 2 saturated carbocycles. The lowest BCUT2D eigenvalue weighted by Crippen LogP contribution is -2.54. The molecule has 2 aliphatic rings. The highest BCUT2D eigenvalue weighted by Gasteiger charge is 2.53. The molecule has 3 rings (SSSR count). The zero-order valence-corrected chi connectivity index (χ0v) is 13.5. The summed E-state index contributed by atoms with van der Waals surface area (Å²) in [5.41, 5.74) is 2.40. The van der Waals surface area contributed by atoms with E-state index in [-0.39, 0.29) is 0 Å².